The molecule has 0 spiro atoms. The second-order valence-corrected chi connectivity index (χ2v) is 4.78. The molecular weight excluding hydrogens is 332 g/mol. The first kappa shape index (κ1) is 16.2. The van der Waals surface area contributed by atoms with E-state index in [9.17, 15) is 14.9 Å². The fourth-order valence-corrected chi connectivity index (χ4v) is 1.88. The Bertz CT molecular complexity index is 840. The first-order valence-corrected chi connectivity index (χ1v) is 7.14. The summed E-state index contributed by atoms with van der Waals surface area (Å²) in [5.41, 5.74) is 0.605. The Morgan fingerprint density at radius 3 is 2.72 bits per heavy atom. The molecule has 0 radical (unpaired) electrons. The quantitative estimate of drug-likeness (QED) is 0.495. The third-order valence-corrected chi connectivity index (χ3v) is 3.05. The van der Waals surface area contributed by atoms with Gasteiger partial charge in [-0.05, 0) is 23.8 Å². The second-order valence-electron chi connectivity index (χ2n) is 4.78. The average molecular weight is 344 g/mol. The maximum atomic E-state index is 11.8. The van der Waals surface area contributed by atoms with Crippen molar-refractivity contribution in [2.75, 3.05) is 18.5 Å². The van der Waals surface area contributed by atoms with Gasteiger partial charge in [0.1, 0.15) is 19.5 Å². The highest BCUT2D eigenvalue weighted by Crippen LogP contribution is 2.19. The molecule has 1 aliphatic rings. The third-order valence-electron chi connectivity index (χ3n) is 3.05. The van der Waals surface area contributed by atoms with Crippen LogP contribution in [0.15, 0.2) is 41.0 Å². The van der Waals surface area contributed by atoms with E-state index in [2.05, 4.69) is 15.5 Å². The van der Waals surface area contributed by atoms with E-state index in [1.165, 1.54) is 42.7 Å². The van der Waals surface area contributed by atoms with Gasteiger partial charge in [-0.25, -0.2) is 0 Å². The molecule has 1 aromatic heterocycles. The van der Waals surface area contributed by atoms with Gasteiger partial charge >= 0.3 is 6.01 Å². The Kier molecular flexibility index (Phi) is 4.69. The number of carbonyl (C=O) groups is 1. The molecule has 1 N–H and O–H groups in total. The van der Waals surface area contributed by atoms with Crippen molar-refractivity contribution in [2.24, 2.45) is 0 Å². The molecule has 128 valence electrons. The van der Waals surface area contributed by atoms with Gasteiger partial charge in [-0.1, -0.05) is 5.10 Å². The Hall–Kier alpha value is -3.69. The van der Waals surface area contributed by atoms with E-state index >= 15 is 0 Å². The van der Waals surface area contributed by atoms with Crippen molar-refractivity contribution in [1.29, 1.82) is 0 Å². The fraction of sp³-hybridized carbons (Fsp3) is 0.133. The molecule has 0 aliphatic carbocycles. The number of nitrogens with one attached hydrogen (secondary N) is 1. The van der Waals surface area contributed by atoms with E-state index in [0.29, 0.717) is 24.5 Å². The van der Waals surface area contributed by atoms with Crippen molar-refractivity contribution < 1.29 is 23.6 Å². The number of benzene rings is 1. The van der Waals surface area contributed by atoms with Crippen LogP contribution in [-0.2, 0) is 14.3 Å². The van der Waals surface area contributed by atoms with E-state index in [1.807, 2.05) is 0 Å². The summed E-state index contributed by atoms with van der Waals surface area (Å²) in [6.45, 7) is 0.808. The van der Waals surface area contributed by atoms with Crippen molar-refractivity contribution in [3.63, 3.8) is 0 Å². The molecule has 1 aliphatic heterocycles. The Labute approximate surface area is 140 Å². The first-order chi connectivity index (χ1) is 12.1. The predicted octanol–water partition coefficient (Wildman–Crippen LogP) is 1.97. The average Bonchev–Trinajstić information content (AvgIpc) is 3.09. The molecule has 0 saturated heterocycles. The Balaban J connectivity index is 1.59. The number of nitro groups is 1. The van der Waals surface area contributed by atoms with Crippen LogP contribution >= 0.6 is 0 Å². The summed E-state index contributed by atoms with van der Waals surface area (Å²) in [7, 11) is 0. The molecule has 2 heterocycles. The van der Waals surface area contributed by atoms with E-state index in [-0.39, 0.29) is 17.6 Å². The lowest BCUT2D eigenvalue weighted by Gasteiger charge is -2.11. The van der Waals surface area contributed by atoms with Crippen molar-refractivity contribution in [3.05, 3.63) is 58.2 Å². The van der Waals surface area contributed by atoms with E-state index in [4.69, 9.17) is 13.9 Å². The summed E-state index contributed by atoms with van der Waals surface area (Å²) in [6, 6.07) is 5.66. The van der Waals surface area contributed by atoms with Gasteiger partial charge in [-0.3, -0.25) is 20.2 Å². The molecule has 10 heteroatoms. The van der Waals surface area contributed by atoms with Gasteiger partial charge in [0.15, 0.2) is 0 Å². The number of hydrogen-bond acceptors (Lipinski definition) is 8. The van der Waals surface area contributed by atoms with Crippen LogP contribution in [0, 0.1) is 10.1 Å². The number of hydrogen-bond donors (Lipinski definition) is 1. The minimum atomic E-state index is -0.497. The van der Waals surface area contributed by atoms with Gasteiger partial charge in [0.2, 0.25) is 5.76 Å². The summed E-state index contributed by atoms with van der Waals surface area (Å²) >= 11 is 0. The number of anilines is 1. The van der Waals surface area contributed by atoms with Crippen LogP contribution in [0.2, 0.25) is 0 Å². The smallest absolute Gasteiger partial charge is 0.322 e. The minimum absolute atomic E-state index is 0.0248. The summed E-state index contributed by atoms with van der Waals surface area (Å²) in [5, 5.41) is 20.4. The van der Waals surface area contributed by atoms with Crippen molar-refractivity contribution >= 4 is 29.4 Å². The van der Waals surface area contributed by atoms with Crippen LogP contribution in [0.1, 0.15) is 11.5 Å². The number of non-ortho nitro benzene ring substituents is 1. The number of nitrogens with zero attached hydrogens (tertiary/aromatic N) is 3. The number of carbonyl (C=O) groups excluding carboxylic acids is 1. The van der Waals surface area contributed by atoms with E-state index in [1.54, 1.807) is 0 Å². The predicted molar refractivity (Wildman–Crippen MR) is 84.9 cm³/mol. The van der Waals surface area contributed by atoms with Gasteiger partial charge in [-0.2, -0.15) is 0 Å². The molecule has 3 rings (SSSR count). The van der Waals surface area contributed by atoms with Crippen LogP contribution in [-0.4, -0.2) is 34.2 Å². The lowest BCUT2D eigenvalue weighted by molar-refractivity contribution is -0.384. The highest BCUT2D eigenvalue weighted by atomic mass is 16.6. The zero-order valence-corrected chi connectivity index (χ0v) is 12.7. The molecule has 0 bridgehead atoms. The highest BCUT2D eigenvalue weighted by molar-refractivity contribution is 6.00. The molecule has 0 fully saturated rings. The van der Waals surface area contributed by atoms with Crippen molar-refractivity contribution in [1.82, 2.24) is 10.2 Å². The molecule has 0 unspecified atom stereocenters. The normalized spacial score (nSPS) is 13.7. The van der Waals surface area contributed by atoms with Crippen LogP contribution in [0.25, 0.3) is 11.8 Å². The molecule has 1 aromatic carbocycles. The number of aromatic nitrogens is 2. The third kappa shape index (κ3) is 4.19. The van der Waals surface area contributed by atoms with Gasteiger partial charge in [0.25, 0.3) is 17.5 Å². The lowest BCUT2D eigenvalue weighted by atomic mass is 10.2. The summed E-state index contributed by atoms with van der Waals surface area (Å²) < 4.78 is 15.6. The van der Waals surface area contributed by atoms with E-state index < -0.39 is 10.8 Å². The van der Waals surface area contributed by atoms with Crippen LogP contribution < -0.4 is 5.32 Å². The topological polar surface area (TPSA) is 130 Å². The zero-order valence-electron chi connectivity index (χ0n) is 12.7. The van der Waals surface area contributed by atoms with Crippen LogP contribution in [0.4, 0.5) is 11.7 Å². The van der Waals surface area contributed by atoms with E-state index in [0.717, 1.165) is 0 Å². The molecule has 0 saturated carbocycles. The maximum absolute atomic E-state index is 11.8. The van der Waals surface area contributed by atoms with Gasteiger partial charge < -0.3 is 13.9 Å². The molecule has 2 aromatic rings. The van der Waals surface area contributed by atoms with Crippen molar-refractivity contribution in [2.45, 2.75) is 0 Å². The molecular formula is C15H12N4O6. The second kappa shape index (κ2) is 7.25. The van der Waals surface area contributed by atoms with Crippen LogP contribution in [0.3, 0.4) is 0 Å². The lowest BCUT2D eigenvalue weighted by Crippen LogP contribution is -2.08. The fourth-order valence-electron chi connectivity index (χ4n) is 1.88. The largest absolute Gasteiger partial charge is 0.494 e. The highest BCUT2D eigenvalue weighted by Gasteiger charge is 2.16. The van der Waals surface area contributed by atoms with Gasteiger partial charge in [-0.15, -0.1) is 5.10 Å². The first-order valence-electron chi connectivity index (χ1n) is 7.14. The molecule has 10 nitrogen and oxygen atoms in total. The zero-order chi connectivity index (χ0) is 17.6. The SMILES string of the molecule is O=C(/C=C/c1ccc([N+](=O)[O-])cc1)Nc1nnc(C2=COCCO2)o1. The number of nitro benzene ring substituents is 1. The van der Waals surface area contributed by atoms with Crippen molar-refractivity contribution in [3.8, 4) is 0 Å². The number of amides is 1. The molecule has 25 heavy (non-hydrogen) atoms. The Morgan fingerprint density at radius 2 is 2.04 bits per heavy atom. The summed E-state index contributed by atoms with van der Waals surface area (Å²) in [6.07, 6.45) is 4.10. The Morgan fingerprint density at radius 1 is 1.24 bits per heavy atom. The summed E-state index contributed by atoms with van der Waals surface area (Å²) in [5.74, 6) is -0.113. The van der Waals surface area contributed by atoms with Crippen LogP contribution in [0.5, 0.6) is 0 Å². The monoisotopic (exact) mass is 344 g/mol. The van der Waals surface area contributed by atoms with Gasteiger partial charge in [0.05, 0.1) is 4.92 Å². The minimum Gasteiger partial charge on any atom is -0.494 e. The number of rotatable bonds is 5. The standard InChI is InChI=1S/C15H12N4O6/c20-13(6-3-10-1-4-11(5-2-10)19(21)22)16-15-18-17-14(25-15)12-9-23-7-8-24-12/h1-6,9H,7-8H2,(H,16,18,20)/b6-3+. The molecule has 1 amide bonds. The maximum Gasteiger partial charge on any atom is 0.322 e. The summed E-state index contributed by atoms with van der Waals surface area (Å²) in [4.78, 5) is 21.9. The molecule has 0 atom stereocenters. The number of ether oxygens (including phenoxy) is 2. The van der Waals surface area contributed by atoms with Gasteiger partial charge in [0, 0.05) is 18.2 Å².